The summed E-state index contributed by atoms with van der Waals surface area (Å²) in [5.74, 6) is -0.227. The predicted molar refractivity (Wildman–Crippen MR) is 119 cm³/mol. The normalized spacial score (nSPS) is 10.9. The van der Waals surface area contributed by atoms with Crippen molar-refractivity contribution in [1.82, 2.24) is 5.10 Å². The highest BCUT2D eigenvalue weighted by Crippen LogP contribution is 2.22. The maximum absolute atomic E-state index is 10.5. The van der Waals surface area contributed by atoms with Gasteiger partial charge < -0.3 is 9.66 Å². The number of phenols is 1. The first-order valence-corrected chi connectivity index (χ1v) is 11.7. The number of nitrogens with zero attached hydrogens (tertiary/aromatic N) is 2. The third-order valence-corrected chi connectivity index (χ3v) is 6.45. The average molecular weight is 455 g/mol. The topological polar surface area (TPSA) is 94.2 Å². The molecule has 1 heterocycles. The van der Waals surface area contributed by atoms with E-state index in [1.54, 1.807) is 11.3 Å². The van der Waals surface area contributed by atoms with Crippen molar-refractivity contribution >= 4 is 21.5 Å². The maximum Gasteiger partial charge on any atom is 0.262 e. The number of phenolic OH excluding ortho intramolecular Hbond substituents is 1. The van der Waals surface area contributed by atoms with E-state index in [0.29, 0.717) is 5.56 Å². The zero-order chi connectivity index (χ0) is 22.4. The van der Waals surface area contributed by atoms with Crippen LogP contribution >= 0.6 is 11.3 Å². The Morgan fingerprint density at radius 1 is 0.968 bits per heavy atom. The van der Waals surface area contributed by atoms with E-state index in [-0.39, 0.29) is 10.6 Å². The van der Waals surface area contributed by atoms with E-state index in [1.807, 2.05) is 24.3 Å². The van der Waals surface area contributed by atoms with E-state index in [2.05, 4.69) is 48.0 Å². The maximum atomic E-state index is 10.5. The second-order valence-corrected chi connectivity index (χ2v) is 9.37. The van der Waals surface area contributed by atoms with Crippen molar-refractivity contribution in [2.45, 2.75) is 25.3 Å². The number of aromatic nitrogens is 2. The van der Waals surface area contributed by atoms with Crippen LogP contribution in [0.25, 0.3) is 10.6 Å². The Kier molecular flexibility index (Phi) is 7.17. The molecule has 3 aromatic carbocycles. The Morgan fingerprint density at radius 3 is 2.16 bits per heavy atom. The molecule has 31 heavy (non-hydrogen) atoms. The summed E-state index contributed by atoms with van der Waals surface area (Å²) in [5, 5.41) is 15.9. The summed E-state index contributed by atoms with van der Waals surface area (Å²) in [6.07, 6.45) is 0. The minimum Gasteiger partial charge on any atom is -0.744 e. The van der Waals surface area contributed by atoms with Gasteiger partial charge in [0.05, 0.1) is 4.90 Å². The minimum absolute atomic E-state index is 0.227. The first-order valence-electron chi connectivity index (χ1n) is 9.46. The second-order valence-electron chi connectivity index (χ2n) is 6.84. The monoisotopic (exact) mass is 454 g/mol. The molecule has 0 aliphatic rings. The van der Waals surface area contributed by atoms with Crippen LogP contribution in [0.15, 0.2) is 83.8 Å². The molecule has 4 aromatic rings. The van der Waals surface area contributed by atoms with E-state index in [4.69, 9.17) is 10.2 Å². The Hall–Kier alpha value is -3.07. The first-order chi connectivity index (χ1) is 14.7. The molecule has 0 aliphatic heterocycles. The highest BCUT2D eigenvalue weighted by molar-refractivity contribution is 7.85. The van der Waals surface area contributed by atoms with E-state index < -0.39 is 10.1 Å². The molecule has 8 heteroatoms. The van der Waals surface area contributed by atoms with E-state index in [0.717, 1.165) is 17.6 Å². The lowest BCUT2D eigenvalue weighted by Gasteiger charge is -2.09. The zero-order valence-electron chi connectivity index (χ0n) is 17.1. The van der Waals surface area contributed by atoms with Gasteiger partial charge in [0.1, 0.15) is 15.9 Å². The number of aryl methyl sites for hydroxylation is 2. The summed E-state index contributed by atoms with van der Waals surface area (Å²) in [7, 11) is -4.47. The van der Waals surface area contributed by atoms with E-state index >= 15 is 0 Å². The molecule has 0 radical (unpaired) electrons. The van der Waals surface area contributed by atoms with Gasteiger partial charge in [-0.1, -0.05) is 71.4 Å². The molecule has 0 saturated carbocycles. The van der Waals surface area contributed by atoms with Crippen LogP contribution in [-0.2, 0) is 16.7 Å². The lowest BCUT2D eigenvalue weighted by Crippen LogP contribution is -2.38. The van der Waals surface area contributed by atoms with E-state index in [1.165, 1.54) is 35.2 Å². The standard InChI is InChI=1S/C16H15N2S.C7H8O4S/c1-13-18(12-14-8-4-2-5-9-14)17-16(19-13)15-10-6-3-7-11-15;1-5-2-3-6(8)4-7(5)12(9,10)11/h2-11H,12H2,1H3;2-4,8H,1H3,(H,9,10,11)/q+1;/p-1. The van der Waals surface area contributed by atoms with Crippen LogP contribution in [-0.4, -0.2) is 23.2 Å². The summed E-state index contributed by atoms with van der Waals surface area (Å²) >= 11 is 1.74. The van der Waals surface area contributed by atoms with Crippen molar-refractivity contribution in [2.24, 2.45) is 0 Å². The predicted octanol–water partition coefficient (Wildman–Crippen LogP) is 4.06. The molecule has 0 aliphatic carbocycles. The van der Waals surface area contributed by atoms with Gasteiger partial charge in [0.15, 0.2) is 5.01 Å². The molecule has 0 fully saturated rings. The molecular formula is C23H22N2O4S2. The molecule has 1 N–H and O–H groups in total. The average Bonchev–Trinajstić information content (AvgIpc) is 3.11. The first kappa shape index (κ1) is 22.6. The van der Waals surface area contributed by atoms with Crippen LogP contribution in [0, 0.1) is 13.8 Å². The van der Waals surface area contributed by atoms with Crippen LogP contribution in [0.5, 0.6) is 5.75 Å². The summed E-state index contributed by atoms with van der Waals surface area (Å²) in [6, 6.07) is 24.4. The van der Waals surface area contributed by atoms with Gasteiger partial charge in [0.25, 0.3) is 5.01 Å². The zero-order valence-corrected chi connectivity index (χ0v) is 18.7. The Labute approximate surface area is 185 Å². The van der Waals surface area contributed by atoms with Crippen LogP contribution in [0.1, 0.15) is 16.1 Å². The highest BCUT2D eigenvalue weighted by Gasteiger charge is 2.17. The summed E-state index contributed by atoms with van der Waals surface area (Å²) in [6.45, 7) is 4.44. The fourth-order valence-electron chi connectivity index (χ4n) is 2.85. The van der Waals surface area contributed by atoms with Gasteiger partial charge in [-0.05, 0) is 36.0 Å². The highest BCUT2D eigenvalue weighted by atomic mass is 32.2. The fraction of sp³-hybridized carbons (Fsp3) is 0.130. The quantitative estimate of drug-likeness (QED) is 0.371. The van der Waals surface area contributed by atoms with Crippen molar-refractivity contribution in [3.8, 4) is 16.3 Å². The van der Waals surface area contributed by atoms with Crippen molar-refractivity contribution in [3.05, 3.63) is 95.0 Å². The van der Waals surface area contributed by atoms with Crippen molar-refractivity contribution in [3.63, 3.8) is 0 Å². The molecule has 6 nitrogen and oxygen atoms in total. The van der Waals surface area contributed by atoms with Gasteiger partial charge in [-0.25, -0.2) is 8.42 Å². The molecule has 0 amide bonds. The van der Waals surface area contributed by atoms with Gasteiger partial charge >= 0.3 is 0 Å². The summed E-state index contributed by atoms with van der Waals surface area (Å²) in [4.78, 5) is -0.373. The smallest absolute Gasteiger partial charge is 0.262 e. The molecule has 1 aromatic heterocycles. The van der Waals surface area contributed by atoms with Crippen LogP contribution in [0.2, 0.25) is 0 Å². The van der Waals surface area contributed by atoms with Gasteiger partial charge in [-0.15, -0.1) is 0 Å². The van der Waals surface area contributed by atoms with Crippen LogP contribution < -0.4 is 4.68 Å². The Balaban J connectivity index is 0.000000196. The molecule has 4 rings (SSSR count). The molecule has 0 spiro atoms. The van der Waals surface area contributed by atoms with Crippen LogP contribution in [0.3, 0.4) is 0 Å². The van der Waals surface area contributed by atoms with Gasteiger partial charge in [0.2, 0.25) is 6.54 Å². The van der Waals surface area contributed by atoms with E-state index in [9.17, 15) is 13.0 Å². The van der Waals surface area contributed by atoms with Gasteiger partial charge in [-0.2, -0.15) is 0 Å². The number of aromatic hydroxyl groups is 1. The molecule has 160 valence electrons. The largest absolute Gasteiger partial charge is 0.744 e. The molecule has 0 atom stereocenters. The minimum atomic E-state index is -4.47. The second kappa shape index (κ2) is 9.82. The summed E-state index contributed by atoms with van der Waals surface area (Å²) < 4.78 is 33.7. The van der Waals surface area contributed by atoms with Crippen LogP contribution in [0.4, 0.5) is 0 Å². The Bertz CT molecular complexity index is 1260. The number of hydrogen-bond acceptors (Lipinski definition) is 6. The molecule has 0 unspecified atom stereocenters. The lowest BCUT2D eigenvalue weighted by atomic mass is 10.2. The van der Waals surface area contributed by atoms with Crippen molar-refractivity contribution < 1.29 is 22.8 Å². The third kappa shape index (κ3) is 6.21. The molecular weight excluding hydrogens is 432 g/mol. The third-order valence-electron chi connectivity index (χ3n) is 4.46. The SMILES string of the molecule is Cc1ccc(O)cc1S(=O)(=O)[O-].Cc1sc(-c2ccccc2)n[n+]1Cc1ccccc1. The number of benzene rings is 3. The Morgan fingerprint density at radius 2 is 1.58 bits per heavy atom. The number of hydrogen-bond donors (Lipinski definition) is 1. The lowest BCUT2D eigenvalue weighted by molar-refractivity contribution is -0.745. The molecule has 0 saturated heterocycles. The van der Waals surface area contributed by atoms with Gasteiger partial charge in [-0.3, -0.25) is 0 Å². The number of rotatable bonds is 4. The summed E-state index contributed by atoms with van der Waals surface area (Å²) in [5.41, 5.74) is 2.80. The van der Waals surface area contributed by atoms with Gasteiger partial charge in [0, 0.05) is 23.1 Å². The van der Waals surface area contributed by atoms with Crippen molar-refractivity contribution in [2.75, 3.05) is 0 Å². The fourth-order valence-corrected chi connectivity index (χ4v) is 4.46. The van der Waals surface area contributed by atoms with Crippen molar-refractivity contribution in [1.29, 1.82) is 0 Å². The molecule has 0 bridgehead atoms.